The van der Waals surface area contributed by atoms with E-state index in [9.17, 15) is 9.59 Å². The second-order valence-electron chi connectivity index (χ2n) is 8.12. The van der Waals surface area contributed by atoms with E-state index in [1.54, 1.807) is 13.0 Å². The largest absolute Gasteiger partial charge is 0.466 e. The first-order valence-corrected chi connectivity index (χ1v) is 11.5. The van der Waals surface area contributed by atoms with Gasteiger partial charge in [-0.25, -0.2) is 0 Å². The van der Waals surface area contributed by atoms with E-state index in [0.717, 1.165) is 22.4 Å². The second-order valence-corrected chi connectivity index (χ2v) is 8.12. The van der Waals surface area contributed by atoms with Gasteiger partial charge in [0, 0.05) is 43.0 Å². The smallest absolute Gasteiger partial charge is 0.307 e. The van der Waals surface area contributed by atoms with Crippen LogP contribution >= 0.6 is 0 Å². The topological polar surface area (TPSA) is 99.7 Å². The maximum absolute atomic E-state index is 12.7. The van der Waals surface area contributed by atoms with E-state index in [0.29, 0.717) is 38.3 Å². The maximum Gasteiger partial charge on any atom is 0.307 e. The summed E-state index contributed by atoms with van der Waals surface area (Å²) in [5.74, 6) is -0.200. The third kappa shape index (κ3) is 6.57. The number of nitrogens with one attached hydrogen (secondary N) is 1. The predicted molar refractivity (Wildman–Crippen MR) is 136 cm³/mol. The Morgan fingerprint density at radius 1 is 1.18 bits per heavy atom. The summed E-state index contributed by atoms with van der Waals surface area (Å²) in [6, 6.07) is 13.2. The number of nitrogens with two attached hydrogens (primary N) is 1. The highest BCUT2D eigenvalue weighted by atomic mass is 16.5. The van der Waals surface area contributed by atoms with Gasteiger partial charge in [-0.1, -0.05) is 48.6 Å². The van der Waals surface area contributed by atoms with Gasteiger partial charge in [-0.15, -0.1) is 0 Å². The molecule has 7 nitrogen and oxygen atoms in total. The Kier molecular flexibility index (Phi) is 8.62. The van der Waals surface area contributed by atoms with Gasteiger partial charge in [0.1, 0.15) is 5.84 Å². The molecular weight excluding hydrogens is 428 g/mol. The minimum atomic E-state index is -0.247. The Bertz CT molecular complexity index is 1100. The molecule has 0 saturated carbocycles. The normalized spacial score (nSPS) is 12.8. The number of amides is 1. The minimum Gasteiger partial charge on any atom is -0.466 e. The summed E-state index contributed by atoms with van der Waals surface area (Å²) in [5, 5.41) is 7.71. The number of amidine groups is 1. The number of rotatable bonds is 10. The number of nitrogen functional groups attached to an aromatic ring is 1. The van der Waals surface area contributed by atoms with Gasteiger partial charge in [-0.3, -0.25) is 15.0 Å². The van der Waals surface area contributed by atoms with E-state index in [1.807, 2.05) is 77.4 Å². The third-order valence-corrected chi connectivity index (χ3v) is 5.64. The van der Waals surface area contributed by atoms with Crippen molar-refractivity contribution >= 4 is 29.5 Å². The number of hydrogen-bond donors (Lipinski definition) is 2. The highest BCUT2D eigenvalue weighted by Gasteiger charge is 2.18. The average Bonchev–Trinajstić information content (AvgIpc) is 3.36. The van der Waals surface area contributed by atoms with Crippen LogP contribution in [0.15, 0.2) is 60.7 Å². The molecule has 2 aromatic carbocycles. The van der Waals surface area contributed by atoms with Crippen molar-refractivity contribution in [2.75, 3.05) is 37.7 Å². The monoisotopic (exact) mass is 460 g/mol. The molecule has 1 heterocycles. The van der Waals surface area contributed by atoms with Crippen molar-refractivity contribution in [3.63, 3.8) is 0 Å². The lowest BCUT2D eigenvalue weighted by molar-refractivity contribution is -0.142. The molecule has 1 aliphatic rings. The van der Waals surface area contributed by atoms with Gasteiger partial charge in [0.25, 0.3) is 5.91 Å². The van der Waals surface area contributed by atoms with Crippen molar-refractivity contribution in [3.05, 3.63) is 82.9 Å². The second kappa shape index (κ2) is 11.8. The first kappa shape index (κ1) is 24.8. The Balaban J connectivity index is 1.72. The molecular formula is C27H32N4O3. The summed E-state index contributed by atoms with van der Waals surface area (Å²) in [7, 11) is 0. The van der Waals surface area contributed by atoms with Crippen LogP contribution in [0.25, 0.3) is 6.08 Å². The standard InChI is InChI=1S/C27H32N4O3/c1-3-34-25(32)13-17-30(23-10-6-9-22(19-23)26(28)29)16-7-8-21-11-12-24(20(2)18-21)27(33)31-14-4-5-15-31/h4-12,18-19H,3,13-17H2,1-2H3,(H3,28,29). The molecule has 0 aromatic heterocycles. The molecule has 0 saturated heterocycles. The molecule has 0 aliphatic carbocycles. The van der Waals surface area contributed by atoms with Crippen LogP contribution in [-0.2, 0) is 9.53 Å². The van der Waals surface area contributed by atoms with Crippen LogP contribution in [-0.4, -0.2) is 55.4 Å². The Hall–Kier alpha value is -3.87. The predicted octanol–water partition coefficient (Wildman–Crippen LogP) is 3.76. The molecule has 0 radical (unpaired) electrons. The lowest BCUT2D eigenvalue weighted by atomic mass is 10.0. The summed E-state index contributed by atoms with van der Waals surface area (Å²) >= 11 is 0. The van der Waals surface area contributed by atoms with Crippen LogP contribution in [0.4, 0.5) is 5.69 Å². The Morgan fingerprint density at radius 3 is 2.62 bits per heavy atom. The zero-order chi connectivity index (χ0) is 24.5. The van der Waals surface area contributed by atoms with E-state index in [2.05, 4.69) is 0 Å². The van der Waals surface area contributed by atoms with Crippen molar-refractivity contribution in [3.8, 4) is 0 Å². The zero-order valence-corrected chi connectivity index (χ0v) is 19.8. The summed E-state index contributed by atoms with van der Waals surface area (Å²) < 4.78 is 5.07. The van der Waals surface area contributed by atoms with Gasteiger partial charge in [-0.2, -0.15) is 0 Å². The fraction of sp³-hybridized carbons (Fsp3) is 0.296. The van der Waals surface area contributed by atoms with E-state index < -0.39 is 0 Å². The van der Waals surface area contributed by atoms with Gasteiger partial charge >= 0.3 is 5.97 Å². The summed E-state index contributed by atoms with van der Waals surface area (Å²) in [5.41, 5.74) is 9.81. The fourth-order valence-electron chi connectivity index (χ4n) is 3.82. The molecule has 0 atom stereocenters. The minimum absolute atomic E-state index is 0.00226. The Labute approximate surface area is 201 Å². The number of carbonyl (C=O) groups excluding carboxylic acids is 2. The van der Waals surface area contributed by atoms with Gasteiger partial charge in [0.2, 0.25) is 0 Å². The number of hydrogen-bond acceptors (Lipinski definition) is 5. The Morgan fingerprint density at radius 2 is 1.94 bits per heavy atom. The quantitative estimate of drug-likeness (QED) is 0.243. The number of aryl methyl sites for hydroxylation is 1. The highest BCUT2D eigenvalue weighted by molar-refractivity contribution is 5.96. The molecule has 1 aliphatic heterocycles. The van der Waals surface area contributed by atoms with E-state index in [4.69, 9.17) is 15.9 Å². The molecule has 0 bridgehead atoms. The van der Waals surface area contributed by atoms with Crippen molar-refractivity contribution in [2.24, 2.45) is 5.73 Å². The number of esters is 1. The van der Waals surface area contributed by atoms with E-state index in [1.165, 1.54) is 0 Å². The number of carbonyl (C=O) groups is 2. The maximum atomic E-state index is 12.7. The number of nitrogens with zero attached hydrogens (tertiary/aromatic N) is 2. The molecule has 178 valence electrons. The zero-order valence-electron chi connectivity index (χ0n) is 19.8. The molecule has 3 N–H and O–H groups in total. The first-order chi connectivity index (χ1) is 16.4. The third-order valence-electron chi connectivity index (χ3n) is 5.64. The first-order valence-electron chi connectivity index (χ1n) is 11.5. The molecule has 0 unspecified atom stereocenters. The van der Waals surface area contributed by atoms with Gasteiger partial charge in [-0.05, 0) is 43.2 Å². The molecule has 34 heavy (non-hydrogen) atoms. The van der Waals surface area contributed by atoms with E-state index >= 15 is 0 Å². The van der Waals surface area contributed by atoms with Crippen LogP contribution in [0.3, 0.4) is 0 Å². The fourth-order valence-corrected chi connectivity index (χ4v) is 3.82. The molecule has 2 aromatic rings. The number of anilines is 1. The van der Waals surface area contributed by atoms with Gasteiger partial charge < -0.3 is 20.3 Å². The van der Waals surface area contributed by atoms with Crippen LogP contribution in [0.2, 0.25) is 0 Å². The molecule has 7 heteroatoms. The summed E-state index contributed by atoms with van der Waals surface area (Å²) in [6.07, 6.45) is 8.29. The lowest BCUT2D eigenvalue weighted by Crippen LogP contribution is -2.28. The van der Waals surface area contributed by atoms with Crippen molar-refractivity contribution in [1.82, 2.24) is 4.90 Å². The van der Waals surface area contributed by atoms with Crippen LogP contribution in [0.1, 0.15) is 40.4 Å². The summed E-state index contributed by atoms with van der Waals surface area (Å²) in [6.45, 7) is 6.44. The van der Waals surface area contributed by atoms with Crippen LogP contribution in [0, 0.1) is 12.3 Å². The number of benzene rings is 2. The van der Waals surface area contributed by atoms with Crippen LogP contribution < -0.4 is 10.6 Å². The van der Waals surface area contributed by atoms with E-state index in [-0.39, 0.29) is 24.1 Å². The number of ether oxygens (including phenoxy) is 1. The van der Waals surface area contributed by atoms with Crippen LogP contribution in [0.5, 0.6) is 0 Å². The molecule has 0 fully saturated rings. The van der Waals surface area contributed by atoms with Crippen molar-refractivity contribution in [2.45, 2.75) is 20.3 Å². The summed E-state index contributed by atoms with van der Waals surface area (Å²) in [4.78, 5) is 28.5. The van der Waals surface area contributed by atoms with Gasteiger partial charge in [0.05, 0.1) is 13.0 Å². The van der Waals surface area contributed by atoms with Crippen molar-refractivity contribution in [1.29, 1.82) is 5.41 Å². The molecule has 3 rings (SSSR count). The molecule has 0 spiro atoms. The van der Waals surface area contributed by atoms with Gasteiger partial charge in [0.15, 0.2) is 0 Å². The SMILES string of the molecule is CCOC(=O)CCN(CC=Cc1ccc(C(=O)N2CC=CC2)c(C)c1)c1cccc(C(=N)N)c1. The lowest BCUT2D eigenvalue weighted by Gasteiger charge is -2.23. The average molecular weight is 461 g/mol. The highest BCUT2D eigenvalue weighted by Crippen LogP contribution is 2.19. The van der Waals surface area contributed by atoms with Crippen molar-refractivity contribution < 1.29 is 14.3 Å². The molecule has 1 amide bonds.